The highest BCUT2D eigenvalue weighted by molar-refractivity contribution is 5.17. The lowest BCUT2D eigenvalue weighted by Crippen LogP contribution is -2.38. The monoisotopic (exact) mass is 290 g/mol. The topological polar surface area (TPSA) is 20.2 Å². The van der Waals surface area contributed by atoms with Gasteiger partial charge in [0.2, 0.25) is 0 Å². The quantitative estimate of drug-likeness (QED) is 0.709. The third kappa shape index (κ3) is 2.50. The van der Waals surface area contributed by atoms with Crippen molar-refractivity contribution in [2.45, 2.75) is 78.7 Å². The minimum absolute atomic E-state index is 0.399. The molecular weight excluding hydrogens is 256 g/mol. The Morgan fingerprint density at radius 1 is 1.14 bits per heavy atom. The zero-order valence-corrected chi connectivity index (χ0v) is 14.7. The van der Waals surface area contributed by atoms with Gasteiger partial charge in [0, 0.05) is 0 Å². The van der Waals surface area contributed by atoms with Crippen LogP contribution >= 0.6 is 0 Å². The number of hydrogen-bond acceptors (Lipinski definition) is 1. The zero-order chi connectivity index (χ0) is 15.4. The Labute approximate surface area is 131 Å². The minimum Gasteiger partial charge on any atom is -0.390 e. The highest BCUT2D eigenvalue weighted by Crippen LogP contribution is 2.72. The van der Waals surface area contributed by atoms with E-state index in [1.807, 2.05) is 0 Å². The van der Waals surface area contributed by atoms with Gasteiger partial charge >= 0.3 is 0 Å². The zero-order valence-electron chi connectivity index (χ0n) is 14.7. The van der Waals surface area contributed by atoms with Crippen LogP contribution < -0.4 is 0 Å². The van der Waals surface area contributed by atoms with Crippen LogP contribution in [0.3, 0.4) is 0 Å². The van der Waals surface area contributed by atoms with E-state index in [4.69, 9.17) is 0 Å². The second-order valence-electron chi connectivity index (χ2n) is 9.09. The van der Waals surface area contributed by atoms with Gasteiger partial charge < -0.3 is 5.11 Å². The van der Waals surface area contributed by atoms with E-state index in [2.05, 4.69) is 40.7 Å². The smallest absolute Gasteiger partial charge is 0.0650 e. The second kappa shape index (κ2) is 5.11. The lowest BCUT2D eigenvalue weighted by atomic mass is 9.73. The summed E-state index contributed by atoms with van der Waals surface area (Å²) < 4.78 is 0. The van der Waals surface area contributed by atoms with Gasteiger partial charge in [0.05, 0.1) is 5.60 Å². The molecule has 0 saturated heterocycles. The Morgan fingerprint density at radius 3 is 2.52 bits per heavy atom. The number of rotatable bonds is 3. The van der Waals surface area contributed by atoms with Crippen LogP contribution in [0.15, 0.2) is 11.6 Å². The van der Waals surface area contributed by atoms with Gasteiger partial charge in [-0.2, -0.15) is 0 Å². The normalized spacial score (nSPS) is 51.8. The largest absolute Gasteiger partial charge is 0.390 e. The van der Waals surface area contributed by atoms with Gasteiger partial charge in [-0.05, 0) is 87.9 Å². The van der Waals surface area contributed by atoms with Crippen molar-refractivity contribution in [3.8, 4) is 0 Å². The molecule has 0 unspecified atom stereocenters. The summed E-state index contributed by atoms with van der Waals surface area (Å²) in [6, 6.07) is 0. The summed E-state index contributed by atoms with van der Waals surface area (Å²) in [6.07, 6.45) is 9.88. The first-order valence-electron chi connectivity index (χ1n) is 9.13. The van der Waals surface area contributed by atoms with Crippen molar-refractivity contribution < 1.29 is 5.11 Å². The fourth-order valence-electron chi connectivity index (χ4n) is 6.13. The molecule has 0 aliphatic heterocycles. The molecule has 0 aromatic carbocycles. The Balaban J connectivity index is 1.77. The van der Waals surface area contributed by atoms with E-state index in [0.717, 1.165) is 30.1 Å². The molecule has 3 rings (SSSR count). The van der Waals surface area contributed by atoms with Gasteiger partial charge in [-0.15, -0.1) is 0 Å². The number of allylic oxidation sites excluding steroid dienone is 2. The van der Waals surface area contributed by atoms with Crippen LogP contribution in [0.25, 0.3) is 0 Å². The van der Waals surface area contributed by atoms with Crippen molar-refractivity contribution in [3.63, 3.8) is 0 Å². The van der Waals surface area contributed by atoms with E-state index in [1.165, 1.54) is 37.7 Å². The van der Waals surface area contributed by atoms with E-state index >= 15 is 0 Å². The molecule has 3 aliphatic rings. The molecule has 3 saturated carbocycles. The predicted octanol–water partition coefficient (Wildman–Crippen LogP) is 5.19. The van der Waals surface area contributed by atoms with Gasteiger partial charge in [-0.25, -0.2) is 0 Å². The fourth-order valence-corrected chi connectivity index (χ4v) is 6.13. The summed E-state index contributed by atoms with van der Waals surface area (Å²) in [5.41, 5.74) is 1.61. The maximum atomic E-state index is 10.9. The molecule has 0 amide bonds. The number of aliphatic hydroxyl groups is 1. The van der Waals surface area contributed by atoms with Crippen LogP contribution in [-0.4, -0.2) is 10.7 Å². The van der Waals surface area contributed by atoms with Gasteiger partial charge in [0.1, 0.15) is 0 Å². The van der Waals surface area contributed by atoms with Crippen LogP contribution in [-0.2, 0) is 0 Å². The average Bonchev–Trinajstić information content (AvgIpc) is 2.78. The molecule has 21 heavy (non-hydrogen) atoms. The van der Waals surface area contributed by atoms with Crippen molar-refractivity contribution in [1.82, 2.24) is 0 Å². The molecule has 1 N–H and O–H groups in total. The molecule has 0 spiro atoms. The average molecular weight is 290 g/mol. The Bertz CT molecular complexity index is 431. The van der Waals surface area contributed by atoms with E-state index < -0.39 is 5.60 Å². The molecule has 1 heteroatoms. The molecule has 0 heterocycles. The summed E-state index contributed by atoms with van der Waals surface area (Å²) in [7, 11) is 0. The Morgan fingerprint density at radius 2 is 1.86 bits per heavy atom. The molecule has 3 fully saturated rings. The Hall–Kier alpha value is -0.300. The van der Waals surface area contributed by atoms with Crippen LogP contribution in [0.4, 0.5) is 0 Å². The van der Waals surface area contributed by atoms with E-state index in [1.54, 1.807) is 0 Å². The molecule has 0 aromatic rings. The minimum atomic E-state index is -0.399. The Kier molecular flexibility index (Phi) is 3.80. The summed E-state index contributed by atoms with van der Waals surface area (Å²) >= 11 is 0. The maximum absolute atomic E-state index is 10.9. The summed E-state index contributed by atoms with van der Waals surface area (Å²) in [5, 5.41) is 10.9. The molecule has 3 aliphatic carbocycles. The van der Waals surface area contributed by atoms with Crippen molar-refractivity contribution >= 4 is 0 Å². The standard InChI is InChI=1S/C20H34O/c1-13(2)7-6-11-19(4)16-10-12-20(5,21)15-9-8-14(3)17(15)18(16)19/h7,14-18,21H,6,8-12H2,1-5H3/t14-,15-,16-,17-,18-,19+,20-/m1/s1. The van der Waals surface area contributed by atoms with E-state index in [0.29, 0.717) is 11.3 Å². The van der Waals surface area contributed by atoms with Crippen LogP contribution in [0.2, 0.25) is 0 Å². The molecule has 0 bridgehead atoms. The number of hydrogen-bond donors (Lipinski definition) is 1. The summed E-state index contributed by atoms with van der Waals surface area (Å²) in [4.78, 5) is 0. The highest BCUT2D eigenvalue weighted by atomic mass is 16.3. The molecular formula is C20H34O. The van der Waals surface area contributed by atoms with Crippen LogP contribution in [0, 0.1) is 35.0 Å². The van der Waals surface area contributed by atoms with Crippen molar-refractivity contribution in [2.75, 3.05) is 0 Å². The number of fused-ring (bicyclic) bond motifs is 3. The first kappa shape index (κ1) is 15.6. The maximum Gasteiger partial charge on any atom is 0.0650 e. The predicted molar refractivity (Wildman–Crippen MR) is 89.0 cm³/mol. The van der Waals surface area contributed by atoms with Gasteiger partial charge in [0.25, 0.3) is 0 Å². The first-order chi connectivity index (χ1) is 9.77. The van der Waals surface area contributed by atoms with E-state index in [9.17, 15) is 5.11 Å². The molecule has 120 valence electrons. The van der Waals surface area contributed by atoms with E-state index in [-0.39, 0.29) is 0 Å². The lowest BCUT2D eigenvalue weighted by molar-refractivity contribution is -0.0310. The molecule has 0 aromatic heterocycles. The lowest BCUT2D eigenvalue weighted by Gasteiger charge is -2.36. The van der Waals surface area contributed by atoms with Gasteiger partial charge in [-0.3, -0.25) is 0 Å². The van der Waals surface area contributed by atoms with Crippen LogP contribution in [0.5, 0.6) is 0 Å². The summed E-state index contributed by atoms with van der Waals surface area (Å²) in [5.74, 6) is 3.93. The van der Waals surface area contributed by atoms with Crippen LogP contribution in [0.1, 0.15) is 73.1 Å². The van der Waals surface area contributed by atoms with Crippen molar-refractivity contribution in [1.29, 1.82) is 0 Å². The molecule has 7 atom stereocenters. The second-order valence-corrected chi connectivity index (χ2v) is 9.09. The molecule has 1 nitrogen and oxygen atoms in total. The summed E-state index contributed by atoms with van der Waals surface area (Å²) in [6.45, 7) is 11.5. The SMILES string of the molecule is CC(C)=CCC[C@]1(C)[C@H]2[C@@H]3[C@H](C)CC[C@H]3[C@](C)(O)CC[C@H]21. The fraction of sp³-hybridized carbons (Fsp3) is 0.900. The molecule has 0 radical (unpaired) electrons. The van der Waals surface area contributed by atoms with Gasteiger partial charge in [0.15, 0.2) is 0 Å². The highest BCUT2D eigenvalue weighted by Gasteiger charge is 2.68. The van der Waals surface area contributed by atoms with Crippen molar-refractivity contribution in [2.24, 2.45) is 35.0 Å². The third-order valence-electron chi connectivity index (χ3n) is 7.40. The van der Waals surface area contributed by atoms with Crippen molar-refractivity contribution in [3.05, 3.63) is 11.6 Å². The first-order valence-corrected chi connectivity index (χ1v) is 9.13. The van der Waals surface area contributed by atoms with Gasteiger partial charge in [-0.1, -0.05) is 31.9 Å². The third-order valence-corrected chi connectivity index (χ3v) is 7.40.